The van der Waals surface area contributed by atoms with Gasteiger partial charge in [-0.2, -0.15) is 27.1 Å². The van der Waals surface area contributed by atoms with Crippen molar-refractivity contribution >= 4 is 23.4 Å². The second-order valence-corrected chi connectivity index (χ2v) is 7.30. The first-order valence-electron chi connectivity index (χ1n) is 8.61. The zero-order valence-corrected chi connectivity index (χ0v) is 16.4. The van der Waals surface area contributed by atoms with E-state index in [0.717, 1.165) is 18.3 Å². The Labute approximate surface area is 175 Å². The van der Waals surface area contributed by atoms with E-state index in [1.54, 1.807) is 0 Å². The minimum atomic E-state index is -4.79. The summed E-state index contributed by atoms with van der Waals surface area (Å²) >= 11 is 5.76. The van der Waals surface area contributed by atoms with E-state index in [2.05, 4.69) is 19.8 Å². The van der Waals surface area contributed by atoms with E-state index in [1.165, 1.54) is 6.92 Å². The van der Waals surface area contributed by atoms with Gasteiger partial charge in [-0.15, -0.1) is 0 Å². The Hall–Kier alpha value is -2.83. The molecule has 2 aromatic rings. The van der Waals surface area contributed by atoms with Crippen LogP contribution in [-0.2, 0) is 16.7 Å². The van der Waals surface area contributed by atoms with Crippen LogP contribution in [0.15, 0.2) is 23.3 Å². The highest BCUT2D eigenvalue weighted by molar-refractivity contribution is 6.33. The summed E-state index contributed by atoms with van der Waals surface area (Å²) in [5.74, 6) is -1.78. The minimum absolute atomic E-state index is 0.0610. The molecule has 0 radical (unpaired) electrons. The first kappa shape index (κ1) is 22.8. The molecule has 14 heteroatoms. The predicted octanol–water partition coefficient (Wildman–Crippen LogP) is 3.77. The highest BCUT2D eigenvalue weighted by Crippen LogP contribution is 2.40. The number of nitrogens with two attached hydrogens (primary N) is 1. The average molecular weight is 470 g/mol. The second-order valence-electron chi connectivity index (χ2n) is 6.89. The summed E-state index contributed by atoms with van der Waals surface area (Å²) in [4.78, 5) is 20.1. The van der Waals surface area contributed by atoms with Crippen LogP contribution in [0.1, 0.15) is 41.8 Å². The number of alkyl halides is 5. The lowest BCUT2D eigenvalue weighted by atomic mass is 9.89. The van der Waals surface area contributed by atoms with E-state index in [4.69, 9.17) is 17.3 Å². The molecular weight excluding hydrogens is 456 g/mol. The van der Waals surface area contributed by atoms with Crippen LogP contribution >= 0.6 is 11.6 Å². The molecule has 0 saturated carbocycles. The van der Waals surface area contributed by atoms with E-state index >= 15 is 0 Å². The summed E-state index contributed by atoms with van der Waals surface area (Å²) in [5, 5.41) is 3.07. The Morgan fingerprint density at radius 2 is 2.10 bits per heavy atom. The molecule has 2 N–H and O–H groups in total. The number of Topliss-reactive ketones (excluding diaryl/α,β-unsaturated/α-hetero) is 1. The number of pyridine rings is 1. The summed E-state index contributed by atoms with van der Waals surface area (Å²) in [5.41, 5.74) is 2.53. The van der Waals surface area contributed by atoms with Gasteiger partial charge in [0.15, 0.2) is 11.9 Å². The molecule has 0 aromatic carbocycles. The number of ketones is 1. The van der Waals surface area contributed by atoms with Gasteiger partial charge in [0.25, 0.3) is 6.02 Å². The van der Waals surface area contributed by atoms with Crippen molar-refractivity contribution in [3.63, 3.8) is 0 Å². The third kappa shape index (κ3) is 4.75. The SMILES string of the molecule is C[C@@]1(c2nc(CC(=O)c3nn(C(F)F)cc3Cl)ccc2F)C[C@@H](C(F)(F)F)OC(N)=N1. The maximum absolute atomic E-state index is 14.5. The van der Waals surface area contributed by atoms with Gasteiger partial charge in [-0.05, 0) is 19.1 Å². The maximum atomic E-state index is 14.5. The molecule has 168 valence electrons. The molecule has 31 heavy (non-hydrogen) atoms. The van der Waals surface area contributed by atoms with Crippen molar-refractivity contribution in [3.05, 3.63) is 46.3 Å². The fourth-order valence-corrected chi connectivity index (χ4v) is 3.30. The predicted molar refractivity (Wildman–Crippen MR) is 95.2 cm³/mol. The van der Waals surface area contributed by atoms with Gasteiger partial charge in [-0.1, -0.05) is 11.6 Å². The smallest absolute Gasteiger partial charge is 0.425 e. The number of aliphatic imine (C=N–C) groups is 1. The summed E-state index contributed by atoms with van der Waals surface area (Å²) in [6.45, 7) is -1.83. The molecular formula is C17H14ClF6N5O2. The third-order valence-corrected chi connectivity index (χ3v) is 4.75. The largest absolute Gasteiger partial charge is 0.452 e. The zero-order chi connectivity index (χ0) is 23.1. The van der Waals surface area contributed by atoms with Crippen LogP contribution in [-0.4, -0.2) is 38.8 Å². The highest BCUT2D eigenvalue weighted by atomic mass is 35.5. The normalized spacial score (nSPS) is 21.7. The summed E-state index contributed by atoms with van der Waals surface area (Å²) < 4.78 is 84.0. The lowest BCUT2D eigenvalue weighted by molar-refractivity contribution is -0.208. The maximum Gasteiger partial charge on any atom is 0.425 e. The molecule has 2 atom stereocenters. The molecule has 0 saturated heterocycles. The molecule has 0 bridgehead atoms. The molecule has 0 aliphatic carbocycles. The number of aromatic nitrogens is 3. The Kier molecular flexibility index (Phi) is 5.91. The number of amidine groups is 1. The van der Waals surface area contributed by atoms with Crippen LogP contribution in [0.3, 0.4) is 0 Å². The van der Waals surface area contributed by atoms with E-state index in [0.29, 0.717) is 0 Å². The van der Waals surface area contributed by atoms with Gasteiger partial charge in [0.2, 0.25) is 0 Å². The number of carbonyl (C=O) groups excluding carboxylic acids is 1. The first-order valence-corrected chi connectivity index (χ1v) is 8.98. The van der Waals surface area contributed by atoms with Gasteiger partial charge in [-0.25, -0.2) is 14.1 Å². The van der Waals surface area contributed by atoms with Gasteiger partial charge in [0, 0.05) is 12.1 Å². The number of nitrogens with zero attached hydrogens (tertiary/aromatic N) is 4. The van der Waals surface area contributed by atoms with Crippen molar-refractivity contribution in [1.82, 2.24) is 14.8 Å². The number of hydrogen-bond donors (Lipinski definition) is 1. The molecule has 0 amide bonds. The van der Waals surface area contributed by atoms with Crippen LogP contribution in [0.25, 0.3) is 0 Å². The van der Waals surface area contributed by atoms with Crippen molar-refractivity contribution in [3.8, 4) is 0 Å². The summed E-state index contributed by atoms with van der Waals surface area (Å²) in [6.07, 6.45) is -7.68. The molecule has 0 unspecified atom stereocenters. The molecule has 0 spiro atoms. The fourth-order valence-electron chi connectivity index (χ4n) is 3.06. The van der Waals surface area contributed by atoms with Gasteiger partial charge >= 0.3 is 12.7 Å². The lowest BCUT2D eigenvalue weighted by Crippen LogP contribution is -2.46. The molecule has 7 nitrogen and oxygen atoms in total. The van der Waals surface area contributed by atoms with Crippen LogP contribution in [0.2, 0.25) is 5.02 Å². The first-order chi connectivity index (χ1) is 14.3. The number of ether oxygens (including phenoxy) is 1. The summed E-state index contributed by atoms with van der Waals surface area (Å²) in [6, 6.07) is 1.23. The fraction of sp³-hybridized carbons (Fsp3) is 0.412. The van der Waals surface area contributed by atoms with E-state index < -0.39 is 66.2 Å². The standard InChI is InChI=1S/C17H14ClF6N5O2/c1-16(5-11(17(22,23)24)31-15(25)27-16)13-9(19)3-2-7(26-13)4-10(30)12-8(18)6-29(28-12)14(20)21/h2-3,6,11,14H,4-5H2,1H3,(H2,25,27)/t11-,16-/m0/s1. The molecule has 1 aliphatic rings. The van der Waals surface area contributed by atoms with Crippen molar-refractivity contribution in [2.45, 2.75) is 44.1 Å². The van der Waals surface area contributed by atoms with Crippen LogP contribution < -0.4 is 5.73 Å². The lowest BCUT2D eigenvalue weighted by Gasteiger charge is -2.35. The van der Waals surface area contributed by atoms with Crippen molar-refractivity contribution < 1.29 is 35.9 Å². The molecule has 2 aromatic heterocycles. The number of halogens is 7. The molecule has 0 fully saturated rings. The monoisotopic (exact) mass is 469 g/mol. The van der Waals surface area contributed by atoms with Crippen molar-refractivity contribution in [2.75, 3.05) is 0 Å². The Balaban J connectivity index is 1.92. The number of carbonyl (C=O) groups is 1. The van der Waals surface area contributed by atoms with Crippen LogP contribution in [0, 0.1) is 5.82 Å². The van der Waals surface area contributed by atoms with E-state index in [9.17, 15) is 31.1 Å². The Morgan fingerprint density at radius 1 is 1.42 bits per heavy atom. The van der Waals surface area contributed by atoms with Crippen LogP contribution in [0.5, 0.6) is 0 Å². The van der Waals surface area contributed by atoms with Gasteiger partial charge in [0.05, 0.1) is 17.6 Å². The minimum Gasteiger partial charge on any atom is -0.452 e. The number of rotatable bonds is 5. The Morgan fingerprint density at radius 3 is 2.68 bits per heavy atom. The Bertz CT molecular complexity index is 1040. The van der Waals surface area contributed by atoms with Gasteiger partial charge < -0.3 is 10.5 Å². The summed E-state index contributed by atoms with van der Waals surface area (Å²) in [7, 11) is 0. The van der Waals surface area contributed by atoms with Crippen molar-refractivity contribution in [2.24, 2.45) is 10.7 Å². The topological polar surface area (TPSA) is 95.4 Å². The van der Waals surface area contributed by atoms with Crippen LogP contribution in [0.4, 0.5) is 26.3 Å². The number of hydrogen-bond acceptors (Lipinski definition) is 6. The van der Waals surface area contributed by atoms with Gasteiger partial charge in [-0.3, -0.25) is 9.78 Å². The molecule has 3 rings (SSSR count). The molecule has 3 heterocycles. The van der Waals surface area contributed by atoms with E-state index in [1.807, 2.05) is 0 Å². The van der Waals surface area contributed by atoms with Gasteiger partial charge in [0.1, 0.15) is 22.7 Å². The third-order valence-electron chi connectivity index (χ3n) is 4.47. The second kappa shape index (κ2) is 8.02. The zero-order valence-electron chi connectivity index (χ0n) is 15.6. The quantitative estimate of drug-likeness (QED) is 0.531. The molecule has 1 aliphatic heterocycles. The van der Waals surface area contributed by atoms with E-state index in [-0.39, 0.29) is 15.4 Å². The van der Waals surface area contributed by atoms with Crippen molar-refractivity contribution in [1.29, 1.82) is 0 Å². The average Bonchev–Trinajstić information content (AvgIpc) is 3.04. The highest BCUT2D eigenvalue weighted by Gasteiger charge is 2.50.